The first kappa shape index (κ1) is 16.2. The third-order valence-electron chi connectivity index (χ3n) is 1.97. The van der Waals surface area contributed by atoms with E-state index in [-0.39, 0.29) is 6.61 Å². The molecule has 0 heterocycles. The molecule has 0 aromatic carbocycles. The molecule has 8 nitrogen and oxygen atoms in total. The van der Waals surface area contributed by atoms with Crippen LogP contribution in [0.5, 0.6) is 0 Å². The van der Waals surface area contributed by atoms with Gasteiger partial charge >= 0.3 is 12.0 Å². The van der Waals surface area contributed by atoms with Gasteiger partial charge in [-0.05, 0) is 13.8 Å². The van der Waals surface area contributed by atoms with Crippen molar-refractivity contribution in [1.29, 1.82) is 0 Å². The Balaban J connectivity index is 4.43. The van der Waals surface area contributed by atoms with E-state index >= 15 is 0 Å². The van der Waals surface area contributed by atoms with E-state index in [1.807, 2.05) is 0 Å². The summed E-state index contributed by atoms with van der Waals surface area (Å²) in [6.45, 7) is 3.67. The maximum absolute atomic E-state index is 11.5. The van der Waals surface area contributed by atoms with Crippen molar-refractivity contribution in [2.45, 2.75) is 31.8 Å². The number of urea groups is 1. The molecule has 0 aromatic rings. The molecule has 0 radical (unpaired) electrons. The van der Waals surface area contributed by atoms with Gasteiger partial charge in [0.2, 0.25) is 5.91 Å². The lowest BCUT2D eigenvalue weighted by atomic mass is 10.1. The monoisotopic (exact) mass is 261 g/mol. The lowest BCUT2D eigenvalue weighted by molar-refractivity contribution is -0.140. The normalized spacial score (nSPS) is 12.6. The SMILES string of the molecule is COCC(C)(C)NC(=O)N[C@H](CC(N)=O)C(=O)O. The van der Waals surface area contributed by atoms with Gasteiger partial charge in [0.1, 0.15) is 6.04 Å². The first-order chi connectivity index (χ1) is 8.18. The summed E-state index contributed by atoms with van der Waals surface area (Å²) in [6.07, 6.45) is -0.465. The summed E-state index contributed by atoms with van der Waals surface area (Å²) in [5.74, 6) is -2.13. The van der Waals surface area contributed by atoms with Gasteiger partial charge in [0.15, 0.2) is 0 Å². The predicted molar refractivity (Wildman–Crippen MR) is 62.9 cm³/mol. The maximum Gasteiger partial charge on any atom is 0.326 e. The molecule has 0 aliphatic rings. The van der Waals surface area contributed by atoms with Crippen molar-refractivity contribution in [3.63, 3.8) is 0 Å². The Kier molecular flexibility index (Phi) is 6.11. The van der Waals surface area contributed by atoms with Crippen LogP contribution < -0.4 is 16.4 Å². The van der Waals surface area contributed by atoms with E-state index in [0.29, 0.717) is 0 Å². The van der Waals surface area contributed by atoms with Crippen molar-refractivity contribution in [2.24, 2.45) is 5.73 Å². The van der Waals surface area contributed by atoms with Gasteiger partial charge in [-0.2, -0.15) is 0 Å². The zero-order valence-electron chi connectivity index (χ0n) is 10.6. The summed E-state index contributed by atoms with van der Waals surface area (Å²) in [7, 11) is 1.48. The summed E-state index contributed by atoms with van der Waals surface area (Å²) in [5.41, 5.74) is 4.23. The molecule has 0 unspecified atom stereocenters. The van der Waals surface area contributed by atoms with Crippen molar-refractivity contribution in [3.8, 4) is 0 Å². The van der Waals surface area contributed by atoms with E-state index < -0.39 is 35.9 Å². The summed E-state index contributed by atoms with van der Waals surface area (Å²) >= 11 is 0. The number of carboxylic acid groups (broad SMARTS) is 1. The summed E-state index contributed by atoms with van der Waals surface area (Å²) in [6, 6.07) is -2.05. The maximum atomic E-state index is 11.5. The number of primary amides is 1. The third kappa shape index (κ3) is 6.69. The van der Waals surface area contributed by atoms with E-state index in [0.717, 1.165) is 0 Å². The molecule has 8 heteroatoms. The number of amides is 3. The number of carboxylic acids is 1. The van der Waals surface area contributed by atoms with Crippen molar-refractivity contribution in [1.82, 2.24) is 10.6 Å². The van der Waals surface area contributed by atoms with Gasteiger partial charge in [-0.25, -0.2) is 9.59 Å². The Morgan fingerprint density at radius 1 is 1.39 bits per heavy atom. The topological polar surface area (TPSA) is 131 Å². The number of methoxy groups -OCH3 is 1. The van der Waals surface area contributed by atoms with Crippen LogP contribution in [0.3, 0.4) is 0 Å². The van der Waals surface area contributed by atoms with Gasteiger partial charge < -0.3 is 26.2 Å². The summed E-state index contributed by atoms with van der Waals surface area (Å²) in [5, 5.41) is 13.5. The zero-order valence-corrected chi connectivity index (χ0v) is 10.6. The number of carbonyl (C=O) groups is 3. The van der Waals surface area contributed by atoms with Crippen LogP contribution in [0, 0.1) is 0 Å². The molecular weight excluding hydrogens is 242 g/mol. The molecule has 0 rings (SSSR count). The molecule has 104 valence electrons. The van der Waals surface area contributed by atoms with Crippen LogP contribution in [0.4, 0.5) is 4.79 Å². The van der Waals surface area contributed by atoms with E-state index in [2.05, 4.69) is 10.6 Å². The zero-order chi connectivity index (χ0) is 14.3. The minimum atomic E-state index is -1.35. The van der Waals surface area contributed by atoms with Gasteiger partial charge in [0, 0.05) is 7.11 Å². The smallest absolute Gasteiger partial charge is 0.326 e. The van der Waals surface area contributed by atoms with Crippen LogP contribution in [0.2, 0.25) is 0 Å². The molecule has 0 aliphatic carbocycles. The number of carbonyl (C=O) groups excluding carboxylic acids is 2. The minimum absolute atomic E-state index is 0.258. The lowest BCUT2D eigenvalue weighted by Crippen LogP contribution is -2.55. The average Bonchev–Trinajstić information content (AvgIpc) is 2.14. The van der Waals surface area contributed by atoms with Gasteiger partial charge in [-0.1, -0.05) is 0 Å². The molecule has 0 aromatic heterocycles. The fourth-order valence-corrected chi connectivity index (χ4v) is 1.30. The van der Waals surface area contributed by atoms with Crippen molar-refractivity contribution in [3.05, 3.63) is 0 Å². The van der Waals surface area contributed by atoms with Crippen LogP contribution in [-0.2, 0) is 14.3 Å². The van der Waals surface area contributed by atoms with E-state index in [4.69, 9.17) is 15.6 Å². The highest BCUT2D eigenvalue weighted by atomic mass is 16.5. The standard InChI is InChI=1S/C10H19N3O5/c1-10(2,5-18-3)13-9(17)12-6(8(15)16)4-7(11)14/h6H,4-5H2,1-3H3,(H2,11,14)(H,15,16)(H2,12,13,17)/t6-/m1/s1. The summed E-state index contributed by atoms with van der Waals surface area (Å²) < 4.78 is 4.89. The third-order valence-corrected chi connectivity index (χ3v) is 1.97. The van der Waals surface area contributed by atoms with Crippen LogP contribution in [-0.4, -0.2) is 48.3 Å². The van der Waals surface area contributed by atoms with E-state index in [9.17, 15) is 14.4 Å². The van der Waals surface area contributed by atoms with Gasteiger partial charge in [0.05, 0.1) is 18.6 Å². The van der Waals surface area contributed by atoms with Gasteiger partial charge in [0.25, 0.3) is 0 Å². The number of aliphatic carboxylic acids is 1. The fraction of sp³-hybridized carbons (Fsp3) is 0.700. The molecular formula is C10H19N3O5. The van der Waals surface area contributed by atoms with Gasteiger partial charge in [-0.3, -0.25) is 4.79 Å². The minimum Gasteiger partial charge on any atom is -0.480 e. The first-order valence-corrected chi connectivity index (χ1v) is 5.26. The largest absolute Gasteiger partial charge is 0.480 e. The number of hydrogen-bond donors (Lipinski definition) is 4. The molecule has 18 heavy (non-hydrogen) atoms. The van der Waals surface area contributed by atoms with Crippen LogP contribution >= 0.6 is 0 Å². The van der Waals surface area contributed by atoms with Crippen LogP contribution in [0.25, 0.3) is 0 Å². The fourth-order valence-electron chi connectivity index (χ4n) is 1.30. The molecule has 5 N–H and O–H groups in total. The number of nitrogens with one attached hydrogen (secondary N) is 2. The second kappa shape index (κ2) is 6.80. The van der Waals surface area contributed by atoms with E-state index in [1.54, 1.807) is 13.8 Å². The molecule has 0 spiro atoms. The Morgan fingerprint density at radius 3 is 2.33 bits per heavy atom. The van der Waals surface area contributed by atoms with Crippen LogP contribution in [0.15, 0.2) is 0 Å². The average molecular weight is 261 g/mol. The molecule has 0 aliphatic heterocycles. The van der Waals surface area contributed by atoms with Crippen LogP contribution in [0.1, 0.15) is 20.3 Å². The molecule has 1 atom stereocenters. The first-order valence-electron chi connectivity index (χ1n) is 5.26. The van der Waals surface area contributed by atoms with Crippen molar-refractivity contribution >= 4 is 17.9 Å². The molecule has 0 fully saturated rings. The summed E-state index contributed by atoms with van der Waals surface area (Å²) in [4.78, 5) is 33.0. The number of rotatable bonds is 7. The number of nitrogens with two attached hydrogens (primary N) is 1. The lowest BCUT2D eigenvalue weighted by Gasteiger charge is -2.26. The highest BCUT2D eigenvalue weighted by Gasteiger charge is 2.25. The number of ether oxygens (including phenoxy) is 1. The van der Waals surface area contributed by atoms with Crippen molar-refractivity contribution < 1.29 is 24.2 Å². The number of hydrogen-bond acceptors (Lipinski definition) is 4. The Labute approximate surface area is 105 Å². The molecule has 0 saturated heterocycles. The molecule has 0 bridgehead atoms. The molecule has 3 amide bonds. The predicted octanol–water partition coefficient (Wildman–Crippen LogP) is -0.961. The Bertz CT molecular complexity index is 329. The highest BCUT2D eigenvalue weighted by Crippen LogP contribution is 2.02. The second-order valence-corrected chi connectivity index (χ2v) is 4.48. The molecule has 0 saturated carbocycles. The Morgan fingerprint density at radius 2 is 1.94 bits per heavy atom. The highest BCUT2D eigenvalue weighted by molar-refractivity contribution is 5.87. The van der Waals surface area contributed by atoms with Crippen molar-refractivity contribution in [2.75, 3.05) is 13.7 Å². The Hall–Kier alpha value is -1.83. The second-order valence-electron chi connectivity index (χ2n) is 4.48. The van der Waals surface area contributed by atoms with Gasteiger partial charge in [-0.15, -0.1) is 0 Å². The quantitative estimate of drug-likeness (QED) is 0.468. The van der Waals surface area contributed by atoms with E-state index in [1.165, 1.54) is 7.11 Å².